The summed E-state index contributed by atoms with van der Waals surface area (Å²) in [4.78, 5) is 4.48. The number of rotatable bonds is 4. The van der Waals surface area contributed by atoms with Crippen LogP contribution in [0, 0.1) is 0 Å². The molecule has 1 saturated heterocycles. The maximum atomic E-state index is 5.58. The Balaban J connectivity index is 1.57. The molecule has 2 rings (SSSR count). The standard InChI is InChI=1S/C11H19NO/c1(4-10-5-2-8-12-10)6-11-7-3-9-13-11/h11H,1-9H2. The summed E-state index contributed by atoms with van der Waals surface area (Å²) in [7, 11) is 0. The molecule has 1 unspecified atom stereocenters. The summed E-state index contributed by atoms with van der Waals surface area (Å²) in [5, 5.41) is 0. The number of ether oxygens (including phenoxy) is 1. The second-order valence-electron chi connectivity index (χ2n) is 4.08. The highest BCUT2D eigenvalue weighted by molar-refractivity contribution is 5.85. The summed E-state index contributed by atoms with van der Waals surface area (Å²) in [6, 6.07) is 0. The molecule has 2 heteroatoms. The van der Waals surface area contributed by atoms with Crippen LogP contribution in [0.1, 0.15) is 44.9 Å². The molecular weight excluding hydrogens is 162 g/mol. The predicted molar refractivity (Wildman–Crippen MR) is 54.4 cm³/mol. The first-order valence-corrected chi connectivity index (χ1v) is 5.59. The summed E-state index contributed by atoms with van der Waals surface area (Å²) in [6.07, 6.45) is 9.42. The third-order valence-electron chi connectivity index (χ3n) is 2.97. The van der Waals surface area contributed by atoms with Gasteiger partial charge in [0.2, 0.25) is 0 Å². The first-order chi connectivity index (χ1) is 6.45. The SMILES string of the molecule is C1CN=C(CCCC2CCCO2)C1. The van der Waals surface area contributed by atoms with Crippen molar-refractivity contribution >= 4 is 5.71 Å². The quantitative estimate of drug-likeness (QED) is 0.653. The lowest BCUT2D eigenvalue weighted by Gasteiger charge is -2.08. The summed E-state index contributed by atoms with van der Waals surface area (Å²) >= 11 is 0. The van der Waals surface area contributed by atoms with Gasteiger partial charge in [0.05, 0.1) is 6.10 Å². The number of hydrogen-bond donors (Lipinski definition) is 0. The van der Waals surface area contributed by atoms with Crippen LogP contribution in [0.15, 0.2) is 4.99 Å². The van der Waals surface area contributed by atoms with E-state index in [1.807, 2.05) is 0 Å². The average Bonchev–Trinajstić information content (AvgIpc) is 2.75. The van der Waals surface area contributed by atoms with Crippen molar-refractivity contribution in [3.63, 3.8) is 0 Å². The van der Waals surface area contributed by atoms with E-state index in [2.05, 4.69) is 4.99 Å². The summed E-state index contributed by atoms with van der Waals surface area (Å²) in [5.74, 6) is 0. The number of hydrogen-bond acceptors (Lipinski definition) is 2. The zero-order valence-corrected chi connectivity index (χ0v) is 8.30. The van der Waals surface area contributed by atoms with Crippen molar-refractivity contribution in [1.29, 1.82) is 0 Å². The average molecular weight is 181 g/mol. The molecule has 0 radical (unpaired) electrons. The fourth-order valence-electron chi connectivity index (χ4n) is 2.21. The van der Waals surface area contributed by atoms with Gasteiger partial charge in [-0.25, -0.2) is 0 Å². The molecule has 1 atom stereocenters. The van der Waals surface area contributed by atoms with Crippen molar-refractivity contribution < 1.29 is 4.74 Å². The monoisotopic (exact) mass is 181 g/mol. The molecule has 0 aromatic rings. The van der Waals surface area contributed by atoms with Crippen LogP contribution in [0.4, 0.5) is 0 Å². The minimum atomic E-state index is 0.571. The van der Waals surface area contributed by atoms with Gasteiger partial charge in [0.25, 0.3) is 0 Å². The zero-order valence-electron chi connectivity index (χ0n) is 8.30. The third kappa shape index (κ3) is 2.80. The molecule has 0 spiro atoms. The van der Waals surface area contributed by atoms with Gasteiger partial charge >= 0.3 is 0 Å². The Morgan fingerprint density at radius 2 is 2.38 bits per heavy atom. The van der Waals surface area contributed by atoms with E-state index in [0.717, 1.165) is 13.2 Å². The first-order valence-electron chi connectivity index (χ1n) is 5.59. The fourth-order valence-corrected chi connectivity index (χ4v) is 2.21. The lowest BCUT2D eigenvalue weighted by atomic mass is 10.1. The van der Waals surface area contributed by atoms with E-state index in [9.17, 15) is 0 Å². The molecule has 0 saturated carbocycles. The van der Waals surface area contributed by atoms with E-state index in [0.29, 0.717) is 6.10 Å². The highest BCUT2D eigenvalue weighted by atomic mass is 16.5. The lowest BCUT2D eigenvalue weighted by molar-refractivity contribution is 0.103. The van der Waals surface area contributed by atoms with E-state index in [1.165, 1.54) is 50.7 Å². The summed E-state index contributed by atoms with van der Waals surface area (Å²) in [5.41, 5.74) is 1.46. The summed E-state index contributed by atoms with van der Waals surface area (Å²) < 4.78 is 5.58. The Morgan fingerprint density at radius 3 is 3.08 bits per heavy atom. The zero-order chi connectivity index (χ0) is 8.93. The molecule has 13 heavy (non-hydrogen) atoms. The third-order valence-corrected chi connectivity index (χ3v) is 2.97. The molecule has 0 amide bonds. The van der Waals surface area contributed by atoms with Crippen molar-refractivity contribution in [1.82, 2.24) is 0 Å². The van der Waals surface area contributed by atoms with Gasteiger partial charge in [0.15, 0.2) is 0 Å². The molecule has 0 bridgehead atoms. The molecular formula is C11H19NO. The molecule has 0 aromatic heterocycles. The Labute approximate surface area is 80.4 Å². The number of nitrogens with zero attached hydrogens (tertiary/aromatic N) is 1. The van der Waals surface area contributed by atoms with E-state index >= 15 is 0 Å². The smallest absolute Gasteiger partial charge is 0.0576 e. The minimum absolute atomic E-state index is 0.571. The van der Waals surface area contributed by atoms with Crippen LogP contribution in [0.25, 0.3) is 0 Å². The maximum absolute atomic E-state index is 5.58. The van der Waals surface area contributed by atoms with Gasteiger partial charge in [0, 0.05) is 18.9 Å². The molecule has 0 aliphatic carbocycles. The van der Waals surface area contributed by atoms with Gasteiger partial charge in [-0.05, 0) is 44.9 Å². The summed E-state index contributed by atoms with van der Waals surface area (Å²) in [6.45, 7) is 2.07. The molecule has 1 fully saturated rings. The second kappa shape index (κ2) is 4.75. The molecule has 2 heterocycles. The van der Waals surface area contributed by atoms with Crippen LogP contribution in [-0.2, 0) is 4.74 Å². The fraction of sp³-hybridized carbons (Fsp3) is 0.909. The Kier molecular flexibility index (Phi) is 3.36. The van der Waals surface area contributed by atoms with E-state index < -0.39 is 0 Å². The van der Waals surface area contributed by atoms with Gasteiger partial charge in [-0.3, -0.25) is 4.99 Å². The Bertz CT molecular complexity index is 183. The Morgan fingerprint density at radius 1 is 1.38 bits per heavy atom. The van der Waals surface area contributed by atoms with E-state index in [4.69, 9.17) is 4.74 Å². The van der Waals surface area contributed by atoms with Gasteiger partial charge in [0.1, 0.15) is 0 Å². The van der Waals surface area contributed by atoms with Crippen molar-refractivity contribution in [2.75, 3.05) is 13.2 Å². The van der Waals surface area contributed by atoms with Crippen LogP contribution in [0.3, 0.4) is 0 Å². The second-order valence-corrected chi connectivity index (χ2v) is 4.08. The maximum Gasteiger partial charge on any atom is 0.0576 e. The van der Waals surface area contributed by atoms with E-state index in [-0.39, 0.29) is 0 Å². The minimum Gasteiger partial charge on any atom is -0.378 e. The van der Waals surface area contributed by atoms with Crippen molar-refractivity contribution in [2.45, 2.75) is 51.0 Å². The molecule has 0 aromatic carbocycles. The topological polar surface area (TPSA) is 21.6 Å². The molecule has 2 aliphatic rings. The predicted octanol–water partition coefficient (Wildman–Crippen LogP) is 2.57. The van der Waals surface area contributed by atoms with Gasteiger partial charge in [-0.2, -0.15) is 0 Å². The highest BCUT2D eigenvalue weighted by Gasteiger charge is 2.15. The molecule has 0 N–H and O–H groups in total. The van der Waals surface area contributed by atoms with Gasteiger partial charge in [-0.15, -0.1) is 0 Å². The Hall–Kier alpha value is -0.370. The van der Waals surface area contributed by atoms with Crippen LogP contribution < -0.4 is 0 Å². The van der Waals surface area contributed by atoms with Crippen LogP contribution in [0.2, 0.25) is 0 Å². The number of aliphatic imine (C=N–C) groups is 1. The first kappa shape index (κ1) is 9.20. The van der Waals surface area contributed by atoms with Crippen LogP contribution >= 0.6 is 0 Å². The molecule has 74 valence electrons. The highest BCUT2D eigenvalue weighted by Crippen LogP contribution is 2.19. The lowest BCUT2D eigenvalue weighted by Crippen LogP contribution is -2.05. The van der Waals surface area contributed by atoms with E-state index in [1.54, 1.807) is 0 Å². The molecule has 2 aliphatic heterocycles. The van der Waals surface area contributed by atoms with Gasteiger partial charge in [-0.1, -0.05) is 0 Å². The largest absolute Gasteiger partial charge is 0.378 e. The van der Waals surface area contributed by atoms with Crippen LogP contribution in [0.5, 0.6) is 0 Å². The van der Waals surface area contributed by atoms with Crippen molar-refractivity contribution in [3.05, 3.63) is 0 Å². The van der Waals surface area contributed by atoms with Crippen molar-refractivity contribution in [3.8, 4) is 0 Å². The van der Waals surface area contributed by atoms with Crippen molar-refractivity contribution in [2.24, 2.45) is 4.99 Å². The van der Waals surface area contributed by atoms with Crippen LogP contribution in [-0.4, -0.2) is 25.0 Å². The normalized spacial score (nSPS) is 28.0. The molecule has 2 nitrogen and oxygen atoms in total. The van der Waals surface area contributed by atoms with Gasteiger partial charge < -0.3 is 4.74 Å².